The molecule has 2 bridgehead atoms. The molecule has 2 saturated carbocycles. The summed E-state index contributed by atoms with van der Waals surface area (Å²) in [6.45, 7) is 8.66. The van der Waals surface area contributed by atoms with E-state index < -0.39 is 0 Å². The zero-order valence-electron chi connectivity index (χ0n) is 14.4. The first-order valence-corrected chi connectivity index (χ1v) is 8.38. The van der Waals surface area contributed by atoms with Crippen LogP contribution in [0.15, 0.2) is 30.9 Å². The van der Waals surface area contributed by atoms with Gasteiger partial charge in [-0.05, 0) is 48.3 Å². The molecule has 3 heteroatoms. The first kappa shape index (κ1) is 16.1. The van der Waals surface area contributed by atoms with Gasteiger partial charge in [-0.2, -0.15) is 0 Å². The Balaban J connectivity index is 1.81. The predicted octanol–water partition coefficient (Wildman–Crippen LogP) is 4.20. The lowest BCUT2D eigenvalue weighted by Crippen LogP contribution is -2.41. The van der Waals surface area contributed by atoms with Crippen molar-refractivity contribution in [3.8, 4) is 11.5 Å². The minimum Gasteiger partial charge on any atom is -0.493 e. The van der Waals surface area contributed by atoms with Crippen LogP contribution in [0.5, 0.6) is 11.5 Å². The van der Waals surface area contributed by atoms with Gasteiger partial charge in [-0.15, -0.1) is 6.58 Å². The van der Waals surface area contributed by atoms with Crippen molar-refractivity contribution < 1.29 is 14.3 Å². The third-order valence-electron chi connectivity index (χ3n) is 6.22. The summed E-state index contributed by atoms with van der Waals surface area (Å²) < 4.78 is 11.6. The van der Waals surface area contributed by atoms with Gasteiger partial charge >= 0.3 is 0 Å². The molecule has 0 radical (unpaired) electrons. The summed E-state index contributed by atoms with van der Waals surface area (Å²) in [6.07, 6.45) is 5.46. The van der Waals surface area contributed by atoms with Crippen LogP contribution in [0.4, 0.5) is 0 Å². The molecule has 2 aliphatic rings. The third kappa shape index (κ3) is 2.37. The van der Waals surface area contributed by atoms with Gasteiger partial charge in [-0.1, -0.05) is 26.0 Å². The molecule has 0 spiro atoms. The zero-order valence-corrected chi connectivity index (χ0v) is 14.4. The largest absolute Gasteiger partial charge is 0.493 e. The fourth-order valence-corrected chi connectivity index (χ4v) is 4.43. The van der Waals surface area contributed by atoms with Crippen molar-refractivity contribution in [2.45, 2.75) is 39.5 Å². The Kier molecular flexibility index (Phi) is 3.99. The number of benzene rings is 1. The fraction of sp³-hybridized carbons (Fsp3) is 0.550. The Bertz CT molecular complexity index is 632. The summed E-state index contributed by atoms with van der Waals surface area (Å²) in [5, 5.41) is 0. The number of ether oxygens (including phenoxy) is 2. The number of hydrogen-bond donors (Lipinski definition) is 0. The normalized spacial score (nSPS) is 28.0. The summed E-state index contributed by atoms with van der Waals surface area (Å²) in [7, 11) is 1.65. The van der Waals surface area contributed by atoms with Crippen LogP contribution >= 0.6 is 0 Å². The molecule has 0 N–H and O–H groups in total. The average Bonchev–Trinajstić information content (AvgIpc) is 2.88. The zero-order chi connectivity index (χ0) is 16.7. The SMILES string of the molecule is C=CCc1ccc(OCC23CCC(CC2=O)C3(C)C)c(OC)c1. The van der Waals surface area contributed by atoms with E-state index in [2.05, 4.69) is 20.4 Å². The van der Waals surface area contributed by atoms with Crippen molar-refractivity contribution in [3.05, 3.63) is 36.4 Å². The molecule has 3 rings (SSSR count). The molecule has 0 aromatic heterocycles. The first-order valence-electron chi connectivity index (χ1n) is 8.38. The second-order valence-corrected chi connectivity index (χ2v) is 7.43. The van der Waals surface area contributed by atoms with Crippen LogP contribution in [0.25, 0.3) is 0 Å². The second kappa shape index (κ2) is 5.70. The molecule has 0 heterocycles. The van der Waals surface area contributed by atoms with E-state index in [1.807, 2.05) is 24.3 Å². The summed E-state index contributed by atoms with van der Waals surface area (Å²) in [5.41, 5.74) is 0.836. The van der Waals surface area contributed by atoms with Gasteiger partial charge in [-0.25, -0.2) is 0 Å². The van der Waals surface area contributed by atoms with Gasteiger partial charge in [0, 0.05) is 6.42 Å². The minimum absolute atomic E-state index is 0.0279. The van der Waals surface area contributed by atoms with Crippen molar-refractivity contribution >= 4 is 5.78 Å². The highest BCUT2D eigenvalue weighted by atomic mass is 16.5. The lowest BCUT2D eigenvalue weighted by Gasteiger charge is -2.36. The third-order valence-corrected chi connectivity index (χ3v) is 6.22. The van der Waals surface area contributed by atoms with E-state index in [4.69, 9.17) is 9.47 Å². The monoisotopic (exact) mass is 314 g/mol. The molecule has 1 aromatic rings. The number of Topliss-reactive ketones (excluding diaryl/α,β-unsaturated/α-hetero) is 1. The van der Waals surface area contributed by atoms with Gasteiger partial charge in [0.15, 0.2) is 11.5 Å². The smallest absolute Gasteiger partial charge is 0.161 e. The maximum Gasteiger partial charge on any atom is 0.161 e. The molecule has 1 aromatic carbocycles. The number of ketones is 1. The number of allylic oxidation sites excluding steroid dienone is 1. The summed E-state index contributed by atoms with van der Waals surface area (Å²) in [6, 6.07) is 5.94. The number of methoxy groups -OCH3 is 1. The van der Waals surface area contributed by atoms with Crippen LogP contribution in [0, 0.1) is 16.7 Å². The van der Waals surface area contributed by atoms with Crippen molar-refractivity contribution in [1.29, 1.82) is 0 Å². The van der Waals surface area contributed by atoms with E-state index in [0.717, 1.165) is 30.6 Å². The predicted molar refractivity (Wildman–Crippen MR) is 91.0 cm³/mol. The van der Waals surface area contributed by atoms with Gasteiger partial charge in [0.25, 0.3) is 0 Å². The molecular weight excluding hydrogens is 288 g/mol. The maximum atomic E-state index is 12.6. The van der Waals surface area contributed by atoms with Gasteiger partial charge in [0.2, 0.25) is 0 Å². The average molecular weight is 314 g/mol. The topological polar surface area (TPSA) is 35.5 Å². The van der Waals surface area contributed by atoms with E-state index in [0.29, 0.717) is 30.5 Å². The maximum absolute atomic E-state index is 12.6. The van der Waals surface area contributed by atoms with Crippen molar-refractivity contribution in [2.24, 2.45) is 16.7 Å². The fourth-order valence-electron chi connectivity index (χ4n) is 4.43. The summed E-state index contributed by atoms with van der Waals surface area (Å²) in [5.74, 6) is 2.32. The molecule has 2 unspecified atom stereocenters. The molecule has 2 aliphatic carbocycles. The Morgan fingerprint density at radius 2 is 2.13 bits per heavy atom. The highest BCUT2D eigenvalue weighted by Gasteiger charge is 2.64. The molecule has 124 valence electrons. The Morgan fingerprint density at radius 3 is 2.70 bits per heavy atom. The highest BCUT2D eigenvalue weighted by molar-refractivity contribution is 5.89. The Morgan fingerprint density at radius 1 is 1.35 bits per heavy atom. The van der Waals surface area contributed by atoms with Crippen LogP contribution in [-0.4, -0.2) is 19.5 Å². The van der Waals surface area contributed by atoms with Crippen molar-refractivity contribution in [1.82, 2.24) is 0 Å². The molecule has 2 atom stereocenters. The molecule has 2 fully saturated rings. The quantitative estimate of drug-likeness (QED) is 0.738. The van der Waals surface area contributed by atoms with Crippen LogP contribution in [0.1, 0.15) is 38.7 Å². The summed E-state index contributed by atoms with van der Waals surface area (Å²) in [4.78, 5) is 12.6. The van der Waals surface area contributed by atoms with E-state index >= 15 is 0 Å². The molecule has 3 nitrogen and oxygen atoms in total. The molecule has 0 saturated heterocycles. The van der Waals surface area contributed by atoms with Crippen LogP contribution in [-0.2, 0) is 11.2 Å². The minimum atomic E-state index is -0.331. The van der Waals surface area contributed by atoms with Gasteiger partial charge in [0.05, 0.1) is 12.5 Å². The van der Waals surface area contributed by atoms with E-state index in [1.165, 1.54) is 0 Å². The van der Waals surface area contributed by atoms with Crippen LogP contribution < -0.4 is 9.47 Å². The van der Waals surface area contributed by atoms with Gasteiger partial charge in [-0.3, -0.25) is 4.79 Å². The standard InChI is InChI=1S/C20H26O3/c1-5-6-14-7-8-16(17(11-14)22-4)23-13-20-10-9-15(12-18(20)21)19(20,2)3/h5,7-8,11,15H,1,6,9-10,12-13H2,2-4H3. The second-order valence-electron chi connectivity index (χ2n) is 7.43. The number of rotatable bonds is 6. The number of carbonyl (C=O) groups excluding carboxylic acids is 1. The number of fused-ring (bicyclic) bond motifs is 2. The Hall–Kier alpha value is -1.77. The van der Waals surface area contributed by atoms with E-state index in [1.54, 1.807) is 7.11 Å². The Labute approximate surface area is 138 Å². The van der Waals surface area contributed by atoms with E-state index in [-0.39, 0.29) is 10.8 Å². The molecule has 23 heavy (non-hydrogen) atoms. The summed E-state index contributed by atoms with van der Waals surface area (Å²) >= 11 is 0. The molecular formula is C20H26O3. The van der Waals surface area contributed by atoms with Crippen molar-refractivity contribution in [2.75, 3.05) is 13.7 Å². The van der Waals surface area contributed by atoms with Crippen LogP contribution in [0.3, 0.4) is 0 Å². The lowest BCUT2D eigenvalue weighted by molar-refractivity contribution is -0.131. The van der Waals surface area contributed by atoms with Crippen LogP contribution in [0.2, 0.25) is 0 Å². The van der Waals surface area contributed by atoms with Crippen molar-refractivity contribution in [3.63, 3.8) is 0 Å². The van der Waals surface area contributed by atoms with Gasteiger partial charge < -0.3 is 9.47 Å². The number of hydrogen-bond acceptors (Lipinski definition) is 3. The lowest BCUT2D eigenvalue weighted by atomic mass is 9.69. The number of carbonyl (C=O) groups is 1. The highest BCUT2D eigenvalue weighted by Crippen LogP contribution is 2.63. The van der Waals surface area contributed by atoms with Gasteiger partial charge in [0.1, 0.15) is 12.4 Å². The molecule has 0 aliphatic heterocycles. The first-order chi connectivity index (χ1) is 10.9. The van der Waals surface area contributed by atoms with E-state index in [9.17, 15) is 4.79 Å². The molecule has 0 amide bonds.